The predicted molar refractivity (Wildman–Crippen MR) is 80.7 cm³/mol. The van der Waals surface area contributed by atoms with Crippen LogP contribution in [0.2, 0.25) is 0 Å². The predicted octanol–water partition coefficient (Wildman–Crippen LogP) is 0.545. The molecular formula is C12H18N2O5S2. The number of sulfonamides is 1. The van der Waals surface area contributed by atoms with Crippen molar-refractivity contribution in [2.24, 2.45) is 0 Å². The van der Waals surface area contributed by atoms with E-state index in [-0.39, 0.29) is 17.1 Å². The van der Waals surface area contributed by atoms with E-state index in [9.17, 15) is 13.2 Å². The molecule has 1 saturated heterocycles. The van der Waals surface area contributed by atoms with Crippen LogP contribution in [-0.4, -0.2) is 70.0 Å². The molecule has 0 amide bonds. The highest BCUT2D eigenvalue weighted by Crippen LogP contribution is 2.28. The minimum absolute atomic E-state index is 0.0439. The molecule has 1 fully saturated rings. The summed E-state index contributed by atoms with van der Waals surface area (Å²) in [5.74, 6) is -1.11. The van der Waals surface area contributed by atoms with Crippen molar-refractivity contribution in [3.8, 4) is 0 Å². The van der Waals surface area contributed by atoms with Crippen LogP contribution in [0.3, 0.4) is 0 Å². The van der Waals surface area contributed by atoms with E-state index >= 15 is 0 Å². The van der Waals surface area contributed by atoms with Gasteiger partial charge in [0.25, 0.3) is 0 Å². The van der Waals surface area contributed by atoms with Crippen molar-refractivity contribution in [3.63, 3.8) is 0 Å². The number of rotatable bonds is 6. The van der Waals surface area contributed by atoms with Crippen LogP contribution in [0.5, 0.6) is 0 Å². The Kier molecular flexibility index (Phi) is 5.20. The lowest BCUT2D eigenvalue weighted by atomic mass is 10.3. The zero-order chi connectivity index (χ0) is 15.5. The summed E-state index contributed by atoms with van der Waals surface area (Å²) in [6.45, 7) is 3.57. The number of carboxylic acid groups (broad SMARTS) is 1. The first kappa shape index (κ1) is 16.2. The van der Waals surface area contributed by atoms with Crippen molar-refractivity contribution >= 4 is 33.0 Å². The number of carbonyl (C=O) groups is 1. The summed E-state index contributed by atoms with van der Waals surface area (Å²) in [5, 5.41) is 10.7. The summed E-state index contributed by atoms with van der Waals surface area (Å²) in [6.07, 6.45) is 1.09. The second kappa shape index (κ2) is 6.73. The van der Waals surface area contributed by atoms with E-state index in [4.69, 9.17) is 9.84 Å². The Morgan fingerprint density at radius 2 is 2.14 bits per heavy atom. The van der Waals surface area contributed by atoms with E-state index in [1.807, 2.05) is 0 Å². The molecule has 118 valence electrons. The second-order valence-electron chi connectivity index (χ2n) is 4.73. The van der Waals surface area contributed by atoms with Gasteiger partial charge in [0.1, 0.15) is 4.88 Å². The lowest BCUT2D eigenvalue weighted by Crippen LogP contribution is -2.43. The maximum absolute atomic E-state index is 12.0. The summed E-state index contributed by atoms with van der Waals surface area (Å²) < 4.78 is 30.4. The molecule has 0 aliphatic carbocycles. The smallest absolute Gasteiger partial charge is 0.348 e. The molecule has 0 spiro atoms. The van der Waals surface area contributed by atoms with E-state index in [0.717, 1.165) is 30.7 Å². The maximum Gasteiger partial charge on any atom is 0.348 e. The molecule has 1 aliphatic heterocycles. The van der Waals surface area contributed by atoms with Gasteiger partial charge >= 0.3 is 5.97 Å². The zero-order valence-corrected chi connectivity index (χ0v) is 13.3. The van der Waals surface area contributed by atoms with Gasteiger partial charge in [-0.2, -0.15) is 0 Å². The molecule has 0 saturated carbocycles. The van der Waals surface area contributed by atoms with Gasteiger partial charge in [0, 0.05) is 26.2 Å². The molecule has 21 heavy (non-hydrogen) atoms. The third-order valence-corrected chi connectivity index (χ3v) is 5.30. The molecule has 1 aliphatic rings. The fraction of sp³-hybridized carbons (Fsp3) is 0.583. The van der Waals surface area contributed by atoms with E-state index in [1.54, 1.807) is 5.38 Å². The molecule has 9 heteroatoms. The number of hydrogen-bond donors (Lipinski definition) is 1. The Balaban J connectivity index is 2.15. The molecule has 2 heterocycles. The molecule has 1 aromatic rings. The number of anilines is 1. The Morgan fingerprint density at radius 3 is 2.71 bits per heavy atom. The molecule has 0 atom stereocenters. The lowest BCUT2D eigenvalue weighted by molar-refractivity contribution is 0.0395. The number of aromatic carboxylic acids is 1. The maximum atomic E-state index is 12.0. The molecule has 0 bridgehead atoms. The van der Waals surface area contributed by atoms with Crippen LogP contribution in [0.15, 0.2) is 11.4 Å². The van der Waals surface area contributed by atoms with E-state index in [0.29, 0.717) is 19.8 Å². The standard InChI is InChI=1S/C12H18N2O5S2/c1-21(17,18)14(4-3-13-5-7-19-8-6-13)10-2-9-20-11(10)12(15)16/h2,9H,3-8H2,1H3,(H,15,16). The summed E-state index contributed by atoms with van der Waals surface area (Å²) in [4.78, 5) is 13.3. The van der Waals surface area contributed by atoms with Gasteiger partial charge in [-0.3, -0.25) is 9.21 Å². The summed E-state index contributed by atoms with van der Waals surface area (Å²) in [5.41, 5.74) is 0.239. The van der Waals surface area contributed by atoms with Gasteiger partial charge in [-0.1, -0.05) is 0 Å². The van der Waals surface area contributed by atoms with Crippen LogP contribution < -0.4 is 4.31 Å². The van der Waals surface area contributed by atoms with E-state index in [2.05, 4.69) is 4.90 Å². The van der Waals surface area contributed by atoms with Gasteiger partial charge in [-0.05, 0) is 11.4 Å². The summed E-state index contributed by atoms with van der Waals surface area (Å²) >= 11 is 1.02. The quantitative estimate of drug-likeness (QED) is 0.817. The largest absolute Gasteiger partial charge is 0.477 e. The summed E-state index contributed by atoms with van der Waals surface area (Å²) in [7, 11) is -3.53. The van der Waals surface area contributed by atoms with Gasteiger partial charge in [0.15, 0.2) is 0 Å². The molecular weight excluding hydrogens is 316 g/mol. The van der Waals surface area contributed by atoms with Crippen molar-refractivity contribution in [2.45, 2.75) is 0 Å². The minimum atomic E-state index is -3.53. The number of thiophene rings is 1. The zero-order valence-electron chi connectivity index (χ0n) is 11.7. The number of morpholine rings is 1. The van der Waals surface area contributed by atoms with Crippen molar-refractivity contribution < 1.29 is 23.1 Å². The van der Waals surface area contributed by atoms with Crippen LogP contribution in [0.25, 0.3) is 0 Å². The van der Waals surface area contributed by atoms with Crippen molar-refractivity contribution in [1.29, 1.82) is 0 Å². The van der Waals surface area contributed by atoms with Crippen molar-refractivity contribution in [3.05, 3.63) is 16.3 Å². The first-order valence-electron chi connectivity index (χ1n) is 6.48. The Morgan fingerprint density at radius 1 is 1.48 bits per heavy atom. The Hall–Kier alpha value is -1.16. The van der Waals surface area contributed by atoms with Gasteiger partial charge < -0.3 is 9.84 Å². The fourth-order valence-electron chi connectivity index (χ4n) is 2.18. The van der Waals surface area contributed by atoms with Crippen molar-refractivity contribution in [1.82, 2.24) is 4.90 Å². The molecule has 2 rings (SSSR count). The van der Waals surface area contributed by atoms with Crippen LogP contribution in [-0.2, 0) is 14.8 Å². The monoisotopic (exact) mass is 334 g/mol. The third kappa shape index (κ3) is 4.16. The molecule has 7 nitrogen and oxygen atoms in total. The first-order chi connectivity index (χ1) is 9.89. The number of carboxylic acids is 1. The lowest BCUT2D eigenvalue weighted by Gasteiger charge is -2.29. The van der Waals surface area contributed by atoms with Crippen LogP contribution in [0, 0.1) is 0 Å². The van der Waals surface area contributed by atoms with E-state index < -0.39 is 16.0 Å². The normalized spacial score (nSPS) is 16.8. The molecule has 0 radical (unpaired) electrons. The van der Waals surface area contributed by atoms with E-state index in [1.165, 1.54) is 10.4 Å². The van der Waals surface area contributed by atoms with Crippen LogP contribution in [0.1, 0.15) is 9.67 Å². The van der Waals surface area contributed by atoms with Gasteiger partial charge in [0.2, 0.25) is 10.0 Å². The minimum Gasteiger partial charge on any atom is -0.477 e. The molecule has 1 aromatic heterocycles. The summed E-state index contributed by atoms with van der Waals surface area (Å²) in [6, 6.07) is 1.54. The van der Waals surface area contributed by atoms with Gasteiger partial charge in [-0.25, -0.2) is 13.2 Å². The Bertz CT molecular complexity index is 593. The molecule has 0 unspecified atom stereocenters. The van der Waals surface area contributed by atoms with Crippen molar-refractivity contribution in [2.75, 3.05) is 50.0 Å². The second-order valence-corrected chi connectivity index (χ2v) is 7.55. The average Bonchev–Trinajstić information content (AvgIpc) is 2.88. The van der Waals surface area contributed by atoms with Gasteiger partial charge in [0.05, 0.1) is 25.2 Å². The topological polar surface area (TPSA) is 87.2 Å². The molecule has 0 aromatic carbocycles. The highest BCUT2D eigenvalue weighted by molar-refractivity contribution is 7.92. The number of nitrogens with zero attached hydrogens (tertiary/aromatic N) is 2. The number of ether oxygens (including phenoxy) is 1. The molecule has 1 N–H and O–H groups in total. The van der Waals surface area contributed by atoms with Crippen LogP contribution >= 0.6 is 11.3 Å². The first-order valence-corrected chi connectivity index (χ1v) is 9.21. The Labute approximate surface area is 127 Å². The highest BCUT2D eigenvalue weighted by Gasteiger charge is 2.25. The van der Waals surface area contributed by atoms with Crippen LogP contribution in [0.4, 0.5) is 5.69 Å². The third-order valence-electron chi connectivity index (χ3n) is 3.23. The average molecular weight is 334 g/mol. The number of hydrogen-bond acceptors (Lipinski definition) is 6. The fourth-order valence-corrected chi connectivity index (χ4v) is 3.89. The SMILES string of the molecule is CS(=O)(=O)N(CCN1CCOCC1)c1ccsc1C(=O)O. The van der Waals surface area contributed by atoms with Gasteiger partial charge in [-0.15, -0.1) is 11.3 Å². The highest BCUT2D eigenvalue weighted by atomic mass is 32.2.